The minimum atomic E-state index is -1.35. The predicted molar refractivity (Wildman–Crippen MR) is 105 cm³/mol. The van der Waals surface area contributed by atoms with Crippen LogP contribution in [0, 0.1) is 35.2 Å². The van der Waals surface area contributed by atoms with Crippen molar-refractivity contribution in [2.75, 3.05) is 0 Å². The Bertz CT molecular complexity index is 598. The number of halogens is 3. The van der Waals surface area contributed by atoms with Gasteiger partial charge in [-0.2, -0.15) is 0 Å². The fraction of sp³-hybridized carbons (Fsp3) is 0.667. The molecule has 0 bridgehead atoms. The van der Waals surface area contributed by atoms with E-state index >= 15 is 0 Å². The van der Waals surface area contributed by atoms with Gasteiger partial charge >= 0.3 is 0 Å². The molecular weight excluding hydrogens is 345 g/mol. The molecule has 2 fully saturated rings. The lowest BCUT2D eigenvalue weighted by Gasteiger charge is -2.38. The summed E-state index contributed by atoms with van der Waals surface area (Å²) < 4.78 is 40.2. The first-order chi connectivity index (χ1) is 13.1. The Morgan fingerprint density at radius 2 is 1.37 bits per heavy atom. The van der Waals surface area contributed by atoms with Crippen molar-refractivity contribution in [2.45, 2.75) is 83.5 Å². The van der Waals surface area contributed by atoms with Crippen molar-refractivity contribution in [3.8, 4) is 0 Å². The highest BCUT2D eigenvalue weighted by atomic mass is 19.2. The largest absolute Gasteiger partial charge is 0.204 e. The first kappa shape index (κ1) is 20.5. The van der Waals surface area contributed by atoms with Crippen LogP contribution in [0.4, 0.5) is 13.2 Å². The molecule has 0 radical (unpaired) electrons. The Labute approximate surface area is 162 Å². The molecule has 0 nitrogen and oxygen atoms in total. The van der Waals surface area contributed by atoms with E-state index in [0.717, 1.165) is 43.4 Å². The van der Waals surface area contributed by atoms with Gasteiger partial charge in [-0.3, -0.25) is 0 Å². The van der Waals surface area contributed by atoms with E-state index in [1.807, 2.05) is 0 Å². The third-order valence-corrected chi connectivity index (χ3v) is 6.90. The number of rotatable bonds is 6. The molecule has 0 spiro atoms. The summed E-state index contributed by atoms with van der Waals surface area (Å²) in [5.74, 6) is -0.858. The Balaban J connectivity index is 1.45. The standard InChI is InChI=1S/C24H33F3/c1-2-3-4-5-6-17-7-9-18(10-8-17)19-11-13-20(14-12-19)21-15-22(25)24(27)23(26)16-21/h4-5,15-20H,2-3,6-14H2,1H3/b5-4+. The summed E-state index contributed by atoms with van der Waals surface area (Å²) in [6, 6.07) is 2.39. The van der Waals surface area contributed by atoms with Gasteiger partial charge in [0.1, 0.15) is 0 Å². The molecule has 0 amide bonds. The third-order valence-electron chi connectivity index (χ3n) is 6.90. The molecule has 0 atom stereocenters. The molecule has 3 rings (SSSR count). The van der Waals surface area contributed by atoms with Gasteiger partial charge < -0.3 is 0 Å². The molecule has 2 aliphatic carbocycles. The minimum absolute atomic E-state index is 0.172. The van der Waals surface area contributed by atoms with Crippen LogP contribution in [0.15, 0.2) is 24.3 Å². The lowest BCUT2D eigenvalue weighted by Crippen LogP contribution is -2.25. The Morgan fingerprint density at radius 1 is 0.815 bits per heavy atom. The average molecular weight is 379 g/mol. The quantitative estimate of drug-likeness (QED) is 0.348. The lowest BCUT2D eigenvalue weighted by atomic mass is 9.68. The SMILES string of the molecule is CCC/C=C/CC1CCC(C2CCC(c3cc(F)c(F)c(F)c3)CC2)CC1. The van der Waals surface area contributed by atoms with Crippen LogP contribution in [-0.2, 0) is 0 Å². The van der Waals surface area contributed by atoms with Gasteiger partial charge in [0.05, 0.1) is 0 Å². The minimum Gasteiger partial charge on any atom is -0.204 e. The average Bonchev–Trinajstić information content (AvgIpc) is 2.70. The summed E-state index contributed by atoms with van der Waals surface area (Å²) >= 11 is 0. The molecule has 0 saturated heterocycles. The van der Waals surface area contributed by atoms with Crippen LogP contribution in [0.2, 0.25) is 0 Å². The fourth-order valence-corrected chi connectivity index (χ4v) is 5.20. The predicted octanol–water partition coefficient (Wildman–Crippen LogP) is 7.93. The van der Waals surface area contributed by atoms with Gasteiger partial charge in [-0.05, 0) is 106 Å². The molecule has 2 aliphatic rings. The molecule has 2 saturated carbocycles. The molecule has 1 aromatic carbocycles. The summed E-state index contributed by atoms with van der Waals surface area (Å²) in [6.45, 7) is 2.22. The van der Waals surface area contributed by atoms with Crippen LogP contribution in [-0.4, -0.2) is 0 Å². The fourth-order valence-electron chi connectivity index (χ4n) is 5.20. The smallest absolute Gasteiger partial charge is 0.194 e. The van der Waals surface area contributed by atoms with Crippen molar-refractivity contribution in [1.29, 1.82) is 0 Å². The molecular formula is C24H33F3. The monoisotopic (exact) mass is 378 g/mol. The molecule has 0 heterocycles. The zero-order chi connectivity index (χ0) is 19.2. The van der Waals surface area contributed by atoms with Crippen LogP contribution in [0.5, 0.6) is 0 Å². The van der Waals surface area contributed by atoms with E-state index in [2.05, 4.69) is 19.1 Å². The van der Waals surface area contributed by atoms with Crippen molar-refractivity contribution in [1.82, 2.24) is 0 Å². The number of benzene rings is 1. The van der Waals surface area contributed by atoms with E-state index in [1.165, 1.54) is 57.1 Å². The number of hydrogen-bond acceptors (Lipinski definition) is 0. The highest BCUT2D eigenvalue weighted by Gasteiger charge is 2.31. The van der Waals surface area contributed by atoms with Crippen LogP contribution in [0.3, 0.4) is 0 Å². The van der Waals surface area contributed by atoms with Crippen molar-refractivity contribution >= 4 is 0 Å². The molecule has 0 aromatic heterocycles. The van der Waals surface area contributed by atoms with Gasteiger partial charge in [0.25, 0.3) is 0 Å². The molecule has 27 heavy (non-hydrogen) atoms. The second kappa shape index (κ2) is 9.80. The summed E-state index contributed by atoms with van der Waals surface area (Å²) in [5, 5.41) is 0. The Hall–Kier alpha value is -1.25. The first-order valence-electron chi connectivity index (χ1n) is 10.9. The molecule has 1 aromatic rings. The summed E-state index contributed by atoms with van der Waals surface area (Å²) in [7, 11) is 0. The highest BCUT2D eigenvalue weighted by molar-refractivity contribution is 5.23. The summed E-state index contributed by atoms with van der Waals surface area (Å²) in [4.78, 5) is 0. The summed E-state index contributed by atoms with van der Waals surface area (Å²) in [5.41, 5.74) is 0.632. The first-order valence-corrected chi connectivity index (χ1v) is 10.9. The number of allylic oxidation sites excluding steroid dienone is 2. The Kier molecular flexibility index (Phi) is 7.43. The van der Waals surface area contributed by atoms with Crippen LogP contribution < -0.4 is 0 Å². The van der Waals surface area contributed by atoms with Crippen molar-refractivity contribution in [3.05, 3.63) is 47.3 Å². The highest BCUT2D eigenvalue weighted by Crippen LogP contribution is 2.44. The Morgan fingerprint density at radius 3 is 1.93 bits per heavy atom. The van der Waals surface area contributed by atoms with E-state index in [4.69, 9.17) is 0 Å². The van der Waals surface area contributed by atoms with Gasteiger partial charge in [0.15, 0.2) is 17.5 Å². The van der Waals surface area contributed by atoms with Gasteiger partial charge in [-0.1, -0.05) is 25.5 Å². The zero-order valence-electron chi connectivity index (χ0n) is 16.5. The van der Waals surface area contributed by atoms with Crippen LogP contribution >= 0.6 is 0 Å². The van der Waals surface area contributed by atoms with Gasteiger partial charge in [0, 0.05) is 0 Å². The number of unbranched alkanes of at least 4 members (excludes halogenated alkanes) is 1. The van der Waals surface area contributed by atoms with Crippen LogP contribution in [0.25, 0.3) is 0 Å². The van der Waals surface area contributed by atoms with Crippen molar-refractivity contribution in [2.24, 2.45) is 17.8 Å². The molecule has 3 heteroatoms. The maximum atomic E-state index is 13.5. The summed E-state index contributed by atoms with van der Waals surface area (Å²) in [6.07, 6.45) is 17.9. The van der Waals surface area contributed by atoms with E-state index < -0.39 is 17.5 Å². The van der Waals surface area contributed by atoms with Gasteiger partial charge in [-0.25, -0.2) is 13.2 Å². The van der Waals surface area contributed by atoms with E-state index in [9.17, 15) is 13.2 Å². The normalized spacial score (nSPS) is 29.3. The molecule has 0 unspecified atom stereocenters. The third kappa shape index (κ3) is 5.39. The zero-order valence-corrected chi connectivity index (χ0v) is 16.5. The molecule has 0 aliphatic heterocycles. The van der Waals surface area contributed by atoms with E-state index in [1.54, 1.807) is 0 Å². The van der Waals surface area contributed by atoms with Crippen LogP contribution in [0.1, 0.15) is 89.0 Å². The van der Waals surface area contributed by atoms with E-state index in [0.29, 0.717) is 5.56 Å². The molecule has 0 N–H and O–H groups in total. The van der Waals surface area contributed by atoms with Gasteiger partial charge in [-0.15, -0.1) is 0 Å². The van der Waals surface area contributed by atoms with Crippen molar-refractivity contribution in [3.63, 3.8) is 0 Å². The van der Waals surface area contributed by atoms with Gasteiger partial charge in [0.2, 0.25) is 0 Å². The lowest BCUT2D eigenvalue weighted by molar-refractivity contribution is 0.160. The van der Waals surface area contributed by atoms with E-state index in [-0.39, 0.29) is 5.92 Å². The second-order valence-corrected chi connectivity index (χ2v) is 8.69. The van der Waals surface area contributed by atoms with Crippen molar-refractivity contribution < 1.29 is 13.2 Å². The maximum absolute atomic E-state index is 13.5. The maximum Gasteiger partial charge on any atom is 0.194 e. The second-order valence-electron chi connectivity index (χ2n) is 8.69. The topological polar surface area (TPSA) is 0 Å². The number of hydrogen-bond donors (Lipinski definition) is 0. The molecule has 150 valence electrons.